The van der Waals surface area contributed by atoms with Gasteiger partial charge in [-0.2, -0.15) is 4.57 Å². The number of β-lactam (4-membered cyclic amide) rings is 1. The Labute approximate surface area is 217 Å². The zero-order valence-corrected chi connectivity index (χ0v) is 21.4. The fourth-order valence-electron chi connectivity index (χ4n) is 3.62. The third kappa shape index (κ3) is 5.32. The number of nitrogens with two attached hydrogens (primary N) is 1. The van der Waals surface area contributed by atoms with Gasteiger partial charge >= 0.3 is 5.97 Å². The van der Waals surface area contributed by atoms with E-state index in [1.807, 2.05) is 36.0 Å². The SMILES string of the molecule is C[n+]1ccccc1SCC1=C(C(=O)O)N2C(=O)C(NC(=O)C(=NOCCF)c3csc(N)n3)C2CS1. The second kappa shape index (κ2) is 11.3. The molecular formula is C21H22FN6O5S3+. The van der Waals surface area contributed by atoms with Crippen LogP contribution in [0.1, 0.15) is 5.69 Å². The van der Waals surface area contributed by atoms with Crippen LogP contribution < -0.4 is 15.6 Å². The van der Waals surface area contributed by atoms with E-state index in [-0.39, 0.29) is 28.8 Å². The van der Waals surface area contributed by atoms with Crippen LogP contribution in [0.4, 0.5) is 9.52 Å². The number of anilines is 1. The number of amides is 2. The molecule has 0 bridgehead atoms. The molecule has 1 fully saturated rings. The number of aliphatic carboxylic acids is 1. The second-order valence-corrected chi connectivity index (χ2v) is 10.6. The van der Waals surface area contributed by atoms with Gasteiger partial charge in [-0.15, -0.1) is 23.1 Å². The molecule has 2 amide bonds. The highest BCUT2D eigenvalue weighted by atomic mass is 32.2. The summed E-state index contributed by atoms with van der Waals surface area (Å²) in [7, 11) is 1.89. The van der Waals surface area contributed by atoms with Crippen molar-refractivity contribution in [3.8, 4) is 0 Å². The van der Waals surface area contributed by atoms with E-state index in [4.69, 9.17) is 10.6 Å². The van der Waals surface area contributed by atoms with E-state index in [0.717, 1.165) is 16.4 Å². The Morgan fingerprint density at radius 1 is 1.47 bits per heavy atom. The topological polar surface area (TPSA) is 151 Å². The number of carbonyl (C=O) groups is 3. The highest BCUT2D eigenvalue weighted by molar-refractivity contribution is 8.06. The average Bonchev–Trinajstić information content (AvgIpc) is 3.29. The maximum Gasteiger partial charge on any atom is 0.353 e. The number of carboxylic acid groups (broad SMARTS) is 1. The number of fused-ring (bicyclic) bond motifs is 1. The summed E-state index contributed by atoms with van der Waals surface area (Å²) in [6.07, 6.45) is 1.89. The van der Waals surface area contributed by atoms with E-state index < -0.39 is 36.5 Å². The minimum atomic E-state index is -1.21. The van der Waals surface area contributed by atoms with E-state index >= 15 is 0 Å². The number of alkyl halides is 1. The van der Waals surface area contributed by atoms with Gasteiger partial charge in [0.05, 0.1) is 6.04 Å². The third-order valence-corrected chi connectivity index (χ3v) is 8.51. The van der Waals surface area contributed by atoms with Crippen molar-refractivity contribution >= 4 is 63.5 Å². The van der Waals surface area contributed by atoms with E-state index in [2.05, 4.69) is 15.5 Å². The van der Waals surface area contributed by atoms with Gasteiger partial charge in [0, 0.05) is 33.9 Å². The molecule has 0 aromatic carbocycles. The number of halogens is 1. The van der Waals surface area contributed by atoms with Crippen molar-refractivity contribution in [2.24, 2.45) is 12.2 Å². The maximum atomic E-state index is 13.0. The van der Waals surface area contributed by atoms with Gasteiger partial charge in [0.1, 0.15) is 37.8 Å². The lowest BCUT2D eigenvalue weighted by molar-refractivity contribution is -0.708. The van der Waals surface area contributed by atoms with Crippen molar-refractivity contribution in [2.75, 3.05) is 30.5 Å². The zero-order chi connectivity index (χ0) is 25.8. The Morgan fingerprint density at radius 2 is 2.28 bits per heavy atom. The van der Waals surface area contributed by atoms with Gasteiger partial charge in [0.15, 0.2) is 17.0 Å². The number of carboxylic acids is 1. The van der Waals surface area contributed by atoms with Gasteiger partial charge in [0.2, 0.25) is 5.03 Å². The number of thioether (sulfide) groups is 2. The number of rotatable bonds is 10. The molecule has 2 aromatic heterocycles. The molecule has 1 saturated heterocycles. The first-order valence-corrected chi connectivity index (χ1v) is 13.4. The Hall–Kier alpha value is -3.17. The number of pyridine rings is 1. The molecule has 190 valence electrons. The Morgan fingerprint density at radius 3 is 2.94 bits per heavy atom. The first-order valence-electron chi connectivity index (χ1n) is 10.6. The molecule has 0 aliphatic carbocycles. The minimum absolute atomic E-state index is 0.0784. The monoisotopic (exact) mass is 553 g/mol. The van der Waals surface area contributed by atoms with Gasteiger partial charge in [-0.1, -0.05) is 16.9 Å². The van der Waals surface area contributed by atoms with Gasteiger partial charge in [-0.3, -0.25) is 14.5 Å². The molecule has 4 rings (SSSR count). The second-order valence-electron chi connectivity index (χ2n) is 7.59. The van der Waals surface area contributed by atoms with Gasteiger partial charge in [-0.25, -0.2) is 14.2 Å². The van der Waals surface area contributed by atoms with E-state index in [0.29, 0.717) is 16.4 Å². The van der Waals surface area contributed by atoms with Crippen molar-refractivity contribution in [3.05, 3.63) is 46.1 Å². The van der Waals surface area contributed by atoms with Crippen molar-refractivity contribution < 1.29 is 33.3 Å². The Balaban J connectivity index is 1.49. The molecule has 0 spiro atoms. The molecule has 2 aliphatic rings. The molecule has 2 aliphatic heterocycles. The summed E-state index contributed by atoms with van der Waals surface area (Å²) in [5, 5.41) is 18.8. The smallest absolute Gasteiger partial charge is 0.353 e. The molecule has 4 N–H and O–H groups in total. The van der Waals surface area contributed by atoms with Crippen LogP contribution in [0.3, 0.4) is 0 Å². The lowest BCUT2D eigenvalue weighted by Crippen LogP contribution is -2.73. The summed E-state index contributed by atoms with van der Waals surface area (Å²) in [5.41, 5.74) is 5.42. The lowest BCUT2D eigenvalue weighted by Gasteiger charge is -2.49. The van der Waals surface area contributed by atoms with Crippen LogP contribution in [-0.2, 0) is 26.3 Å². The predicted octanol–water partition coefficient (Wildman–Crippen LogP) is 0.771. The van der Waals surface area contributed by atoms with Crippen LogP contribution in [-0.4, -0.2) is 75.4 Å². The van der Waals surface area contributed by atoms with Crippen LogP contribution in [0, 0.1) is 0 Å². The molecule has 2 aromatic rings. The standard InChI is InChI=1S/C21H21FN6O5S3/c1-27-6-3-2-4-14(27)35-10-13-17(20(31)32)28-12(9-34-13)16(19(28)30)25-18(29)15(26-33-7-5-22)11-8-36-21(23)24-11/h2-4,6,8,12,16H,5,7,9-10H2,1H3,(H3-,23,24,25,29,31,32)/p+1. The zero-order valence-electron chi connectivity index (χ0n) is 18.9. The van der Waals surface area contributed by atoms with Crippen molar-refractivity contribution in [3.63, 3.8) is 0 Å². The molecule has 2 atom stereocenters. The molecule has 0 radical (unpaired) electrons. The maximum absolute atomic E-state index is 13.0. The number of hydrogen-bond donors (Lipinski definition) is 3. The average molecular weight is 554 g/mol. The highest BCUT2D eigenvalue weighted by Gasteiger charge is 2.54. The van der Waals surface area contributed by atoms with E-state index in [1.54, 1.807) is 0 Å². The summed E-state index contributed by atoms with van der Waals surface area (Å²) in [5.74, 6) is -1.73. The Kier molecular flexibility index (Phi) is 8.11. The van der Waals surface area contributed by atoms with Gasteiger partial charge in [0.25, 0.3) is 11.8 Å². The van der Waals surface area contributed by atoms with Crippen LogP contribution in [0.25, 0.3) is 0 Å². The summed E-state index contributed by atoms with van der Waals surface area (Å²) in [6, 6.07) is 4.21. The van der Waals surface area contributed by atoms with Gasteiger partial charge in [-0.05, 0) is 6.07 Å². The molecule has 36 heavy (non-hydrogen) atoms. The summed E-state index contributed by atoms with van der Waals surface area (Å²) >= 11 is 3.89. The number of nitrogen functional groups attached to an aromatic ring is 1. The third-order valence-electron chi connectivity index (χ3n) is 5.30. The Bertz CT molecular complexity index is 1250. The van der Waals surface area contributed by atoms with Crippen molar-refractivity contribution in [1.82, 2.24) is 15.2 Å². The number of aromatic nitrogens is 2. The summed E-state index contributed by atoms with van der Waals surface area (Å²) < 4.78 is 14.4. The van der Waals surface area contributed by atoms with Gasteiger partial charge < -0.3 is 21.0 Å². The first-order chi connectivity index (χ1) is 17.3. The molecule has 2 unspecified atom stereocenters. The summed E-state index contributed by atoms with van der Waals surface area (Å²) in [4.78, 5) is 48.6. The fraction of sp³-hybridized carbons (Fsp3) is 0.333. The first kappa shape index (κ1) is 25.9. The minimum Gasteiger partial charge on any atom is -0.477 e. The van der Waals surface area contributed by atoms with Crippen LogP contribution >= 0.6 is 34.9 Å². The quantitative estimate of drug-likeness (QED) is 0.0968. The number of carbonyl (C=O) groups excluding carboxylic acids is 2. The number of oxime groups is 1. The van der Waals surface area contributed by atoms with E-state index in [9.17, 15) is 23.9 Å². The van der Waals surface area contributed by atoms with Crippen LogP contribution in [0.2, 0.25) is 0 Å². The number of nitrogens with one attached hydrogen (secondary N) is 1. The molecule has 0 saturated carbocycles. The number of nitrogens with zero attached hydrogens (tertiary/aromatic N) is 4. The van der Waals surface area contributed by atoms with E-state index in [1.165, 1.54) is 33.8 Å². The normalized spacial score (nSPS) is 19.6. The van der Waals surface area contributed by atoms with Crippen LogP contribution in [0.15, 0.2) is 50.6 Å². The number of hydrogen-bond acceptors (Lipinski definition) is 10. The lowest BCUT2D eigenvalue weighted by atomic mass is 9.94. The number of aryl methyl sites for hydroxylation is 1. The number of thiazole rings is 1. The van der Waals surface area contributed by atoms with Crippen molar-refractivity contribution in [2.45, 2.75) is 17.1 Å². The largest absolute Gasteiger partial charge is 0.477 e. The molecule has 4 heterocycles. The molecular weight excluding hydrogens is 531 g/mol. The predicted molar refractivity (Wildman–Crippen MR) is 133 cm³/mol. The van der Waals surface area contributed by atoms with Crippen molar-refractivity contribution in [1.29, 1.82) is 0 Å². The molecule has 15 heteroatoms. The fourth-order valence-corrected chi connectivity index (χ4v) is 6.57. The summed E-state index contributed by atoms with van der Waals surface area (Å²) in [6.45, 7) is -1.17. The molecule has 11 nitrogen and oxygen atoms in total. The van der Waals surface area contributed by atoms with Crippen LogP contribution in [0.5, 0.6) is 0 Å². The highest BCUT2D eigenvalue weighted by Crippen LogP contribution is 2.40.